The third kappa shape index (κ3) is 8.53. The Kier molecular flexibility index (Phi) is 11.5. The second-order valence-corrected chi connectivity index (χ2v) is 10.8. The number of likely N-dealkylation sites (N-methyl/N-ethyl adjacent to an activating group) is 1. The maximum Gasteiger partial charge on any atom is 0.242 e. The Morgan fingerprint density at radius 3 is 2.38 bits per heavy atom. The first-order chi connectivity index (χ1) is 17.5. The van der Waals surface area contributed by atoms with Crippen molar-refractivity contribution in [2.75, 3.05) is 37.9 Å². The van der Waals surface area contributed by atoms with Gasteiger partial charge >= 0.3 is 0 Å². The van der Waals surface area contributed by atoms with E-state index in [1.165, 1.54) is 17.5 Å². The minimum Gasteiger partial charge on any atom is -0.497 e. The molecule has 0 heterocycles. The van der Waals surface area contributed by atoms with Crippen LogP contribution in [0, 0.1) is 0 Å². The third-order valence-corrected chi connectivity index (χ3v) is 7.29. The summed E-state index contributed by atoms with van der Waals surface area (Å²) >= 11 is 6.20. The number of rotatable bonds is 14. The highest BCUT2D eigenvalue weighted by atomic mass is 35.5. The van der Waals surface area contributed by atoms with E-state index in [0.717, 1.165) is 11.8 Å². The van der Waals surface area contributed by atoms with Gasteiger partial charge in [0.1, 0.15) is 17.5 Å². The molecular formula is C26H36ClN3O6S. The molecule has 0 aliphatic carbocycles. The number of sulfonamides is 1. The van der Waals surface area contributed by atoms with Crippen LogP contribution in [0.5, 0.6) is 11.5 Å². The van der Waals surface area contributed by atoms with Crippen LogP contribution in [-0.2, 0) is 26.2 Å². The van der Waals surface area contributed by atoms with Crippen LogP contribution in [0.2, 0.25) is 5.02 Å². The predicted molar refractivity (Wildman–Crippen MR) is 146 cm³/mol. The van der Waals surface area contributed by atoms with Crippen LogP contribution in [0.15, 0.2) is 42.5 Å². The normalized spacial score (nSPS) is 11.9. The number of methoxy groups -OCH3 is 2. The topological polar surface area (TPSA) is 105 Å². The molecule has 0 saturated carbocycles. The zero-order chi connectivity index (χ0) is 27.6. The van der Waals surface area contributed by atoms with E-state index in [2.05, 4.69) is 5.32 Å². The number of hydrogen-bond donors (Lipinski definition) is 1. The average Bonchev–Trinajstić information content (AvgIpc) is 2.85. The molecule has 0 bridgehead atoms. The van der Waals surface area contributed by atoms with Gasteiger partial charge in [-0.2, -0.15) is 0 Å². The highest BCUT2D eigenvalue weighted by Crippen LogP contribution is 2.30. The Labute approximate surface area is 224 Å². The Hall–Kier alpha value is -2.98. The van der Waals surface area contributed by atoms with Gasteiger partial charge in [0.15, 0.2) is 0 Å². The van der Waals surface area contributed by atoms with Crippen molar-refractivity contribution in [3.05, 3.63) is 53.1 Å². The molecule has 0 aliphatic heterocycles. The van der Waals surface area contributed by atoms with Gasteiger partial charge in [-0.1, -0.05) is 30.7 Å². The zero-order valence-electron chi connectivity index (χ0n) is 22.0. The molecular weight excluding hydrogens is 518 g/mol. The number of anilines is 1. The maximum absolute atomic E-state index is 13.4. The lowest BCUT2D eigenvalue weighted by Gasteiger charge is -2.31. The lowest BCUT2D eigenvalue weighted by atomic mass is 10.1. The lowest BCUT2D eigenvalue weighted by Crippen LogP contribution is -2.49. The molecule has 0 aliphatic rings. The largest absolute Gasteiger partial charge is 0.497 e. The van der Waals surface area contributed by atoms with Gasteiger partial charge in [0, 0.05) is 26.1 Å². The molecule has 11 heteroatoms. The summed E-state index contributed by atoms with van der Waals surface area (Å²) in [6.45, 7) is 4.41. The first-order valence-corrected chi connectivity index (χ1v) is 14.3. The summed E-state index contributed by atoms with van der Waals surface area (Å²) in [5.41, 5.74) is 1.20. The molecule has 0 aromatic heterocycles. The van der Waals surface area contributed by atoms with E-state index >= 15 is 0 Å². The summed E-state index contributed by atoms with van der Waals surface area (Å²) in [5.74, 6) is 0.602. The van der Waals surface area contributed by atoms with Gasteiger partial charge in [0.2, 0.25) is 21.8 Å². The van der Waals surface area contributed by atoms with Crippen LogP contribution in [0.3, 0.4) is 0 Å². The molecule has 1 N–H and O–H groups in total. The minimum atomic E-state index is -3.64. The number of carbonyl (C=O) groups excluding carboxylic acids is 2. The minimum absolute atomic E-state index is 0.0514. The van der Waals surface area contributed by atoms with Gasteiger partial charge in [-0.3, -0.25) is 13.9 Å². The van der Waals surface area contributed by atoms with Crippen LogP contribution < -0.4 is 19.1 Å². The van der Waals surface area contributed by atoms with Gasteiger partial charge in [-0.25, -0.2) is 8.42 Å². The number of benzene rings is 2. The summed E-state index contributed by atoms with van der Waals surface area (Å²) < 4.78 is 36.7. The van der Waals surface area contributed by atoms with E-state index in [1.807, 2.05) is 38.1 Å². The Morgan fingerprint density at radius 2 is 1.81 bits per heavy atom. The van der Waals surface area contributed by atoms with E-state index in [1.54, 1.807) is 24.1 Å². The van der Waals surface area contributed by atoms with Crippen molar-refractivity contribution in [3.63, 3.8) is 0 Å². The molecule has 0 fully saturated rings. The predicted octanol–water partition coefficient (Wildman–Crippen LogP) is 3.85. The van der Waals surface area contributed by atoms with Crippen LogP contribution in [0.25, 0.3) is 0 Å². The monoisotopic (exact) mass is 553 g/mol. The highest BCUT2D eigenvalue weighted by molar-refractivity contribution is 7.92. The quantitative estimate of drug-likeness (QED) is 0.381. The second kappa shape index (κ2) is 14.1. The molecule has 2 amide bonds. The van der Waals surface area contributed by atoms with E-state index in [-0.39, 0.29) is 42.8 Å². The number of hydrogen-bond acceptors (Lipinski definition) is 6. The summed E-state index contributed by atoms with van der Waals surface area (Å²) in [4.78, 5) is 27.8. The van der Waals surface area contributed by atoms with Gasteiger partial charge < -0.3 is 19.7 Å². The number of halogens is 1. The second-order valence-electron chi connectivity index (χ2n) is 8.45. The average molecular weight is 554 g/mol. The molecule has 0 saturated heterocycles. The van der Waals surface area contributed by atoms with Gasteiger partial charge in [-0.15, -0.1) is 0 Å². The van der Waals surface area contributed by atoms with E-state index in [0.29, 0.717) is 30.2 Å². The van der Waals surface area contributed by atoms with Gasteiger partial charge in [0.25, 0.3) is 0 Å². The van der Waals surface area contributed by atoms with Crippen LogP contribution in [0.4, 0.5) is 5.69 Å². The van der Waals surface area contributed by atoms with Crippen molar-refractivity contribution in [3.8, 4) is 11.5 Å². The number of amides is 2. The SMILES string of the molecule is CCNC(=O)[C@H](CC)N(Cc1cccc(OC)c1)C(=O)CCCN(c1ccc(OC)c(Cl)c1)S(C)(=O)=O. The van der Waals surface area contributed by atoms with E-state index in [4.69, 9.17) is 21.1 Å². The first kappa shape index (κ1) is 30.2. The van der Waals surface area contributed by atoms with Crippen molar-refractivity contribution < 1.29 is 27.5 Å². The Balaban J connectivity index is 2.24. The fraction of sp³-hybridized carbons (Fsp3) is 0.462. The zero-order valence-corrected chi connectivity index (χ0v) is 23.6. The number of carbonyl (C=O) groups is 2. The number of nitrogens with zero attached hydrogens (tertiary/aromatic N) is 2. The molecule has 0 spiro atoms. The van der Waals surface area contributed by atoms with E-state index < -0.39 is 16.1 Å². The first-order valence-electron chi connectivity index (χ1n) is 12.1. The lowest BCUT2D eigenvalue weighted by molar-refractivity contribution is -0.141. The molecule has 2 aromatic carbocycles. The van der Waals surface area contributed by atoms with Crippen molar-refractivity contribution in [2.24, 2.45) is 0 Å². The van der Waals surface area contributed by atoms with Crippen LogP contribution in [-0.4, -0.2) is 64.7 Å². The summed E-state index contributed by atoms with van der Waals surface area (Å²) in [6, 6.07) is 11.4. The number of nitrogens with one attached hydrogen (secondary N) is 1. The highest BCUT2D eigenvalue weighted by Gasteiger charge is 2.28. The van der Waals surface area contributed by atoms with Crippen molar-refractivity contribution in [1.29, 1.82) is 0 Å². The summed E-state index contributed by atoms with van der Waals surface area (Å²) in [5, 5.41) is 3.08. The fourth-order valence-electron chi connectivity index (χ4n) is 3.99. The Bertz CT molecular complexity index is 1170. The van der Waals surface area contributed by atoms with E-state index in [9.17, 15) is 18.0 Å². The summed E-state index contributed by atoms with van der Waals surface area (Å²) in [6.07, 6.45) is 1.83. The maximum atomic E-state index is 13.4. The van der Waals surface area contributed by atoms with Gasteiger partial charge in [-0.05, 0) is 55.7 Å². The number of ether oxygens (including phenoxy) is 2. The molecule has 37 heavy (non-hydrogen) atoms. The molecule has 0 radical (unpaired) electrons. The van der Waals surface area contributed by atoms with Crippen molar-refractivity contribution in [1.82, 2.24) is 10.2 Å². The molecule has 204 valence electrons. The summed E-state index contributed by atoms with van der Waals surface area (Å²) in [7, 11) is -0.600. The molecule has 1 atom stereocenters. The van der Waals surface area contributed by atoms with Crippen LogP contribution in [0.1, 0.15) is 38.7 Å². The molecule has 2 aromatic rings. The van der Waals surface area contributed by atoms with Gasteiger partial charge in [0.05, 0.1) is 31.2 Å². The Morgan fingerprint density at radius 1 is 1.08 bits per heavy atom. The fourth-order valence-corrected chi connectivity index (χ4v) is 5.20. The molecule has 2 rings (SSSR count). The standard InChI is InChI=1S/C26H36ClN3O6S/c1-6-23(26(32)28-7-2)29(18-19-10-8-11-21(16-19)35-3)25(31)12-9-15-30(37(5,33)34)20-13-14-24(36-4)22(27)17-20/h8,10-11,13-14,16-17,23H,6-7,9,12,15,18H2,1-5H3,(H,28,32)/t23-/m0/s1. The smallest absolute Gasteiger partial charge is 0.242 e. The molecule has 9 nitrogen and oxygen atoms in total. The van der Waals surface area contributed by atoms with Crippen LogP contribution >= 0.6 is 11.6 Å². The van der Waals surface area contributed by atoms with Crippen molar-refractivity contribution in [2.45, 2.75) is 45.7 Å². The third-order valence-electron chi connectivity index (χ3n) is 5.80. The molecule has 0 unspecified atom stereocenters. The van der Waals surface area contributed by atoms with Crippen molar-refractivity contribution >= 4 is 39.1 Å².